The highest BCUT2D eigenvalue weighted by molar-refractivity contribution is 14.0. The van der Waals surface area contributed by atoms with E-state index in [-0.39, 0.29) is 24.0 Å². The molecule has 0 aliphatic heterocycles. The molecule has 0 saturated carbocycles. The van der Waals surface area contributed by atoms with Crippen LogP contribution in [0.1, 0.15) is 12.6 Å². The lowest BCUT2D eigenvalue weighted by Gasteiger charge is -2.17. The molecule has 1 aromatic rings. The molecule has 1 aromatic heterocycles. The second-order valence-corrected chi connectivity index (χ2v) is 6.02. The van der Waals surface area contributed by atoms with E-state index < -0.39 is 0 Å². The number of guanidine groups is 1. The third-order valence-corrected chi connectivity index (χ3v) is 4.26. The SMILES string of the molecule is CCNC(=NCc1cc(Cl)c(Cl)n1C)NCCN(C)CCOC.I. The van der Waals surface area contributed by atoms with E-state index in [0.717, 1.165) is 44.4 Å². The number of likely N-dealkylation sites (N-methyl/N-ethyl adjacent to an activating group) is 1. The van der Waals surface area contributed by atoms with Gasteiger partial charge in [-0.3, -0.25) is 0 Å². The van der Waals surface area contributed by atoms with Crippen LogP contribution in [0.25, 0.3) is 0 Å². The van der Waals surface area contributed by atoms with Crippen molar-refractivity contribution in [1.82, 2.24) is 20.1 Å². The van der Waals surface area contributed by atoms with E-state index in [9.17, 15) is 0 Å². The lowest BCUT2D eigenvalue weighted by Crippen LogP contribution is -2.41. The zero-order chi connectivity index (χ0) is 17.2. The fourth-order valence-electron chi connectivity index (χ4n) is 1.97. The fourth-order valence-corrected chi connectivity index (χ4v) is 2.38. The summed E-state index contributed by atoms with van der Waals surface area (Å²) in [5, 5.41) is 7.64. The van der Waals surface area contributed by atoms with Crippen molar-refractivity contribution in [3.05, 3.63) is 21.9 Å². The van der Waals surface area contributed by atoms with Crippen LogP contribution in [-0.2, 0) is 18.3 Å². The first-order chi connectivity index (χ1) is 11.0. The Hall–Kier alpha value is -0.220. The predicted molar refractivity (Wildman–Crippen MR) is 113 cm³/mol. The standard InChI is InChI=1S/C15H27Cl2N5O.HI/c1-5-18-15(19-6-7-21(2)8-9-23-4)20-11-12-10-13(16)14(17)22(12)3;/h10H,5-9,11H2,1-4H3,(H2,18,19,20);1H. The summed E-state index contributed by atoms with van der Waals surface area (Å²) in [6.45, 7) is 6.72. The average molecular weight is 492 g/mol. The largest absolute Gasteiger partial charge is 0.383 e. The van der Waals surface area contributed by atoms with Crippen LogP contribution >= 0.6 is 47.2 Å². The normalized spacial score (nSPS) is 11.5. The molecule has 0 fully saturated rings. The summed E-state index contributed by atoms with van der Waals surface area (Å²) in [4.78, 5) is 6.78. The van der Waals surface area contributed by atoms with E-state index in [1.807, 2.05) is 24.6 Å². The summed E-state index contributed by atoms with van der Waals surface area (Å²) < 4.78 is 6.91. The molecule has 0 saturated heterocycles. The number of halogens is 3. The zero-order valence-corrected chi connectivity index (χ0v) is 18.6. The van der Waals surface area contributed by atoms with Gasteiger partial charge in [0.1, 0.15) is 5.15 Å². The fraction of sp³-hybridized carbons (Fsp3) is 0.667. The Bertz CT molecular complexity index is 510. The van der Waals surface area contributed by atoms with Gasteiger partial charge in [-0.1, -0.05) is 23.2 Å². The molecule has 1 heterocycles. The summed E-state index contributed by atoms with van der Waals surface area (Å²) in [7, 11) is 5.66. The lowest BCUT2D eigenvalue weighted by molar-refractivity contribution is 0.162. The predicted octanol–water partition coefficient (Wildman–Crippen LogP) is 2.58. The van der Waals surface area contributed by atoms with Gasteiger partial charge < -0.3 is 24.8 Å². The van der Waals surface area contributed by atoms with Crippen LogP contribution in [0.5, 0.6) is 0 Å². The Labute approximate surface area is 171 Å². The quantitative estimate of drug-likeness (QED) is 0.316. The molecule has 0 aliphatic rings. The molecule has 1 rings (SSSR count). The Kier molecular flexibility index (Phi) is 12.9. The van der Waals surface area contributed by atoms with Crippen molar-refractivity contribution in [2.24, 2.45) is 12.0 Å². The summed E-state index contributed by atoms with van der Waals surface area (Å²) in [6, 6.07) is 1.84. The minimum atomic E-state index is 0. The molecule has 0 radical (unpaired) electrons. The first kappa shape index (κ1) is 23.8. The molecule has 2 N–H and O–H groups in total. The van der Waals surface area contributed by atoms with Gasteiger partial charge in [-0.15, -0.1) is 24.0 Å². The molecule has 6 nitrogen and oxygen atoms in total. The summed E-state index contributed by atoms with van der Waals surface area (Å²) in [5.41, 5.74) is 0.967. The van der Waals surface area contributed by atoms with Crippen LogP contribution < -0.4 is 10.6 Å². The Morgan fingerprint density at radius 2 is 2.04 bits per heavy atom. The van der Waals surface area contributed by atoms with Crippen LogP contribution in [0.3, 0.4) is 0 Å². The Morgan fingerprint density at radius 3 is 2.58 bits per heavy atom. The molecular weight excluding hydrogens is 464 g/mol. The van der Waals surface area contributed by atoms with Gasteiger partial charge in [0.2, 0.25) is 0 Å². The van der Waals surface area contributed by atoms with Crippen molar-refractivity contribution >= 4 is 53.1 Å². The number of aromatic nitrogens is 1. The van der Waals surface area contributed by atoms with Crippen LogP contribution in [0.15, 0.2) is 11.1 Å². The Morgan fingerprint density at radius 1 is 1.33 bits per heavy atom. The number of ether oxygens (including phenoxy) is 1. The minimum Gasteiger partial charge on any atom is -0.383 e. The number of nitrogens with one attached hydrogen (secondary N) is 2. The van der Waals surface area contributed by atoms with Crippen molar-refractivity contribution in [3.8, 4) is 0 Å². The maximum absolute atomic E-state index is 6.07. The van der Waals surface area contributed by atoms with E-state index >= 15 is 0 Å². The van der Waals surface area contributed by atoms with Gasteiger partial charge in [-0.05, 0) is 20.0 Å². The highest BCUT2D eigenvalue weighted by Crippen LogP contribution is 2.25. The number of aliphatic imine (C=N–C) groups is 1. The lowest BCUT2D eigenvalue weighted by atomic mass is 10.4. The Balaban J connectivity index is 0.00000529. The summed E-state index contributed by atoms with van der Waals surface area (Å²) in [6.07, 6.45) is 0. The van der Waals surface area contributed by atoms with Gasteiger partial charge in [-0.2, -0.15) is 0 Å². The van der Waals surface area contributed by atoms with Crippen molar-refractivity contribution in [3.63, 3.8) is 0 Å². The molecular formula is C15H28Cl2IN5O. The second-order valence-electron chi connectivity index (χ2n) is 5.25. The third-order valence-electron chi connectivity index (χ3n) is 3.42. The van der Waals surface area contributed by atoms with Crippen LogP contribution in [0.2, 0.25) is 10.2 Å². The monoisotopic (exact) mass is 491 g/mol. The first-order valence-electron chi connectivity index (χ1n) is 7.68. The van der Waals surface area contributed by atoms with Crippen LogP contribution in [0, 0.1) is 0 Å². The molecule has 0 aliphatic carbocycles. The van der Waals surface area contributed by atoms with Crippen molar-refractivity contribution in [2.45, 2.75) is 13.5 Å². The molecule has 24 heavy (non-hydrogen) atoms. The summed E-state index contributed by atoms with van der Waals surface area (Å²) in [5.74, 6) is 0.779. The maximum Gasteiger partial charge on any atom is 0.191 e. The molecule has 0 aromatic carbocycles. The molecule has 140 valence electrons. The van der Waals surface area contributed by atoms with E-state index in [0.29, 0.717) is 16.7 Å². The van der Waals surface area contributed by atoms with Gasteiger partial charge in [0, 0.05) is 46.0 Å². The molecule has 0 bridgehead atoms. The van der Waals surface area contributed by atoms with E-state index in [4.69, 9.17) is 27.9 Å². The van der Waals surface area contributed by atoms with Gasteiger partial charge in [-0.25, -0.2) is 4.99 Å². The molecule has 0 unspecified atom stereocenters. The van der Waals surface area contributed by atoms with E-state index in [2.05, 4.69) is 27.6 Å². The number of methoxy groups -OCH3 is 1. The first-order valence-corrected chi connectivity index (χ1v) is 8.44. The van der Waals surface area contributed by atoms with Crippen LogP contribution in [0.4, 0.5) is 0 Å². The smallest absolute Gasteiger partial charge is 0.191 e. The molecule has 9 heteroatoms. The number of rotatable bonds is 9. The van der Waals surface area contributed by atoms with E-state index in [1.165, 1.54) is 0 Å². The highest BCUT2D eigenvalue weighted by Gasteiger charge is 2.08. The molecule has 0 atom stereocenters. The maximum atomic E-state index is 6.07. The van der Waals surface area contributed by atoms with Crippen molar-refractivity contribution in [2.75, 3.05) is 46.9 Å². The minimum absolute atomic E-state index is 0. The number of hydrogen-bond acceptors (Lipinski definition) is 3. The van der Waals surface area contributed by atoms with Gasteiger partial charge >= 0.3 is 0 Å². The number of hydrogen-bond donors (Lipinski definition) is 2. The zero-order valence-electron chi connectivity index (χ0n) is 14.7. The van der Waals surface area contributed by atoms with Crippen molar-refractivity contribution in [1.29, 1.82) is 0 Å². The van der Waals surface area contributed by atoms with Gasteiger partial charge in [0.15, 0.2) is 5.96 Å². The van der Waals surface area contributed by atoms with Crippen molar-refractivity contribution < 1.29 is 4.74 Å². The highest BCUT2D eigenvalue weighted by atomic mass is 127. The number of nitrogens with zero attached hydrogens (tertiary/aromatic N) is 3. The van der Waals surface area contributed by atoms with Crippen LogP contribution in [-0.4, -0.2) is 62.4 Å². The van der Waals surface area contributed by atoms with Gasteiger partial charge in [0.05, 0.1) is 18.2 Å². The second kappa shape index (κ2) is 13.0. The third kappa shape index (κ3) is 8.24. The molecule has 0 spiro atoms. The van der Waals surface area contributed by atoms with Gasteiger partial charge in [0.25, 0.3) is 0 Å². The molecule has 0 amide bonds. The van der Waals surface area contributed by atoms with E-state index in [1.54, 1.807) is 7.11 Å². The topological polar surface area (TPSA) is 53.8 Å². The summed E-state index contributed by atoms with van der Waals surface area (Å²) >= 11 is 12.1. The average Bonchev–Trinajstić information content (AvgIpc) is 2.77.